The van der Waals surface area contributed by atoms with Gasteiger partial charge in [-0.05, 0) is 18.2 Å². The van der Waals surface area contributed by atoms with Crippen LogP contribution in [0.25, 0.3) is 10.6 Å². The molecule has 1 aliphatic heterocycles. The third-order valence-corrected chi connectivity index (χ3v) is 6.43. The Balaban J connectivity index is 1.55. The number of nitrogens with one attached hydrogen (secondary N) is 1. The molecule has 29 heavy (non-hydrogen) atoms. The molecule has 11 heteroatoms. The number of carbonyl (C=O) groups excluding carboxylic acids is 1. The first kappa shape index (κ1) is 19.6. The molecule has 0 fully saturated rings. The number of carbonyl (C=O) groups is 1. The fourth-order valence-electron chi connectivity index (χ4n) is 2.83. The van der Waals surface area contributed by atoms with Crippen molar-refractivity contribution in [2.24, 2.45) is 0 Å². The minimum absolute atomic E-state index is 0.178. The van der Waals surface area contributed by atoms with E-state index in [1.54, 1.807) is 6.07 Å². The molecule has 0 spiro atoms. The lowest BCUT2D eigenvalue weighted by atomic mass is 10.2. The van der Waals surface area contributed by atoms with E-state index >= 15 is 0 Å². The Bertz CT molecular complexity index is 1170. The molecule has 0 saturated carbocycles. The summed E-state index contributed by atoms with van der Waals surface area (Å²) in [5.74, 6) is -0.261. The highest BCUT2D eigenvalue weighted by Crippen LogP contribution is 2.37. The van der Waals surface area contributed by atoms with Crippen molar-refractivity contribution < 1.29 is 17.9 Å². The number of rotatable bonds is 4. The van der Waals surface area contributed by atoms with E-state index in [0.717, 1.165) is 16.1 Å². The summed E-state index contributed by atoms with van der Waals surface area (Å²) in [6.07, 6.45) is 0.0111. The van der Waals surface area contributed by atoms with Crippen LogP contribution in [0.15, 0.2) is 48.5 Å². The van der Waals surface area contributed by atoms with Gasteiger partial charge in [-0.3, -0.25) is 14.4 Å². The predicted molar refractivity (Wildman–Crippen MR) is 112 cm³/mol. The lowest BCUT2D eigenvalue weighted by molar-refractivity contribution is -0.122. The molecule has 1 atom stereocenters. The molecule has 1 unspecified atom stereocenters. The van der Waals surface area contributed by atoms with Gasteiger partial charge >= 0.3 is 0 Å². The molecule has 2 aromatic carbocycles. The van der Waals surface area contributed by atoms with Gasteiger partial charge in [-0.1, -0.05) is 53.3 Å². The zero-order valence-electron chi connectivity index (χ0n) is 15.1. The maximum atomic E-state index is 12.7. The summed E-state index contributed by atoms with van der Waals surface area (Å²) in [5, 5.41) is 12.0. The Kier molecular flexibility index (Phi) is 5.15. The van der Waals surface area contributed by atoms with E-state index in [1.165, 1.54) is 23.5 Å². The largest absolute Gasteiger partial charge is 0.476 e. The number of anilines is 2. The smallest absolute Gasteiger partial charge is 0.269 e. The normalized spacial score (nSPS) is 16.1. The van der Waals surface area contributed by atoms with Gasteiger partial charge in [0.15, 0.2) is 6.10 Å². The molecule has 4 rings (SSSR count). The van der Waals surface area contributed by atoms with Crippen LogP contribution in [-0.2, 0) is 14.8 Å². The van der Waals surface area contributed by atoms with Crippen molar-refractivity contribution in [3.8, 4) is 16.3 Å². The van der Waals surface area contributed by atoms with Crippen molar-refractivity contribution in [2.45, 2.75) is 6.10 Å². The summed E-state index contributed by atoms with van der Waals surface area (Å²) in [6.45, 7) is -0.178. The quantitative estimate of drug-likeness (QED) is 0.655. The van der Waals surface area contributed by atoms with E-state index in [1.807, 2.05) is 30.3 Å². The topological polar surface area (TPSA) is 101 Å². The number of nitrogens with zero attached hydrogens (tertiary/aromatic N) is 3. The number of sulfonamides is 1. The fraction of sp³-hybridized carbons (Fsp3) is 0.167. The maximum absolute atomic E-state index is 12.7. The fourth-order valence-corrected chi connectivity index (χ4v) is 4.66. The third kappa shape index (κ3) is 4.19. The highest BCUT2D eigenvalue weighted by molar-refractivity contribution is 7.92. The van der Waals surface area contributed by atoms with E-state index in [2.05, 4.69) is 15.5 Å². The van der Waals surface area contributed by atoms with Crippen molar-refractivity contribution in [1.82, 2.24) is 10.2 Å². The second-order valence-electron chi connectivity index (χ2n) is 6.28. The zero-order valence-corrected chi connectivity index (χ0v) is 17.5. The van der Waals surface area contributed by atoms with Gasteiger partial charge in [0.05, 0.1) is 18.5 Å². The summed E-state index contributed by atoms with van der Waals surface area (Å²) in [4.78, 5) is 12.7. The maximum Gasteiger partial charge on any atom is 0.269 e. The van der Waals surface area contributed by atoms with Gasteiger partial charge in [-0.2, -0.15) is 0 Å². The van der Waals surface area contributed by atoms with E-state index < -0.39 is 22.0 Å². The number of halogens is 1. The molecular weight excluding hydrogens is 436 g/mol. The van der Waals surface area contributed by atoms with Crippen molar-refractivity contribution in [2.75, 3.05) is 22.4 Å². The van der Waals surface area contributed by atoms with Crippen molar-refractivity contribution in [3.63, 3.8) is 0 Å². The molecule has 1 N–H and O–H groups in total. The van der Waals surface area contributed by atoms with Crippen molar-refractivity contribution in [1.29, 1.82) is 0 Å². The number of hydrogen-bond acceptors (Lipinski definition) is 7. The van der Waals surface area contributed by atoms with E-state index in [0.29, 0.717) is 20.8 Å². The van der Waals surface area contributed by atoms with Gasteiger partial charge in [0.2, 0.25) is 15.2 Å². The third-order valence-electron chi connectivity index (χ3n) is 4.16. The Morgan fingerprint density at radius 2 is 2.00 bits per heavy atom. The summed E-state index contributed by atoms with van der Waals surface area (Å²) in [5.41, 5.74) is 1.18. The second kappa shape index (κ2) is 7.62. The highest BCUT2D eigenvalue weighted by atomic mass is 35.5. The van der Waals surface area contributed by atoms with Gasteiger partial charge < -0.3 is 4.74 Å². The number of benzene rings is 2. The average molecular weight is 451 g/mol. The molecule has 0 radical (unpaired) electrons. The Morgan fingerprint density at radius 3 is 2.72 bits per heavy atom. The Hall–Kier alpha value is -2.69. The number of amides is 1. The van der Waals surface area contributed by atoms with Crippen LogP contribution < -0.4 is 14.4 Å². The van der Waals surface area contributed by atoms with Crippen LogP contribution in [0.4, 0.5) is 10.8 Å². The number of fused-ring (bicyclic) bond motifs is 1. The van der Waals surface area contributed by atoms with Crippen molar-refractivity contribution >= 4 is 49.7 Å². The lowest BCUT2D eigenvalue weighted by Gasteiger charge is -2.33. The van der Waals surface area contributed by atoms with Crippen LogP contribution in [0.1, 0.15) is 0 Å². The molecule has 0 saturated heterocycles. The molecule has 1 aliphatic rings. The molecule has 1 aromatic heterocycles. The summed E-state index contributed by atoms with van der Waals surface area (Å²) < 4.78 is 31.3. The Morgan fingerprint density at radius 1 is 1.24 bits per heavy atom. The van der Waals surface area contributed by atoms with Crippen LogP contribution in [0.2, 0.25) is 5.02 Å². The molecule has 0 aliphatic carbocycles. The van der Waals surface area contributed by atoms with Crippen LogP contribution in [-0.4, -0.2) is 43.4 Å². The molecule has 3 aromatic rings. The first-order valence-electron chi connectivity index (χ1n) is 8.45. The van der Waals surface area contributed by atoms with E-state index in [9.17, 15) is 13.2 Å². The SMILES string of the molecule is CS(=O)(=O)N1CC(C(=O)Nc2nnc(-c3ccccc3)s2)Oc2ccc(Cl)cc21. The standard InChI is InChI=1S/C18H15ClN4O4S2/c1-29(25,26)23-10-15(27-14-8-7-12(19)9-13(14)23)16(24)20-18-22-21-17(28-18)11-5-3-2-4-6-11/h2-9,15H,10H2,1H3,(H,20,22,24). The zero-order chi connectivity index (χ0) is 20.6. The van der Waals surface area contributed by atoms with Gasteiger partial charge in [-0.25, -0.2) is 8.42 Å². The minimum atomic E-state index is -3.64. The predicted octanol–water partition coefficient (Wildman–Crippen LogP) is 3.02. The molecule has 8 nitrogen and oxygen atoms in total. The summed E-state index contributed by atoms with van der Waals surface area (Å²) in [6, 6.07) is 14.0. The lowest BCUT2D eigenvalue weighted by Crippen LogP contribution is -2.48. The minimum Gasteiger partial charge on any atom is -0.476 e. The highest BCUT2D eigenvalue weighted by Gasteiger charge is 2.35. The van der Waals surface area contributed by atoms with E-state index in [-0.39, 0.29) is 12.3 Å². The average Bonchev–Trinajstić information content (AvgIpc) is 3.15. The van der Waals surface area contributed by atoms with Crippen LogP contribution in [0.3, 0.4) is 0 Å². The summed E-state index contributed by atoms with van der Waals surface area (Å²) in [7, 11) is -3.64. The van der Waals surface area contributed by atoms with Gasteiger partial charge in [0.1, 0.15) is 10.8 Å². The first-order valence-corrected chi connectivity index (χ1v) is 11.5. The van der Waals surface area contributed by atoms with Crippen LogP contribution in [0.5, 0.6) is 5.75 Å². The second-order valence-corrected chi connectivity index (χ2v) is 9.60. The van der Waals surface area contributed by atoms with Crippen molar-refractivity contribution in [3.05, 3.63) is 53.6 Å². The number of hydrogen-bond donors (Lipinski definition) is 1. The van der Waals surface area contributed by atoms with Crippen LogP contribution in [0, 0.1) is 0 Å². The van der Waals surface area contributed by atoms with E-state index in [4.69, 9.17) is 16.3 Å². The monoisotopic (exact) mass is 450 g/mol. The molecule has 150 valence electrons. The molecule has 1 amide bonds. The molecule has 0 bridgehead atoms. The van der Waals surface area contributed by atoms with Gasteiger partial charge in [0.25, 0.3) is 5.91 Å². The molecule has 2 heterocycles. The molecular formula is C18H15ClN4O4S2. The van der Waals surface area contributed by atoms with Gasteiger partial charge in [0, 0.05) is 10.6 Å². The number of ether oxygens (including phenoxy) is 1. The van der Waals surface area contributed by atoms with Gasteiger partial charge in [-0.15, -0.1) is 10.2 Å². The summed E-state index contributed by atoms with van der Waals surface area (Å²) >= 11 is 7.19. The first-order chi connectivity index (χ1) is 13.8. The number of aromatic nitrogens is 2. The van der Waals surface area contributed by atoms with Crippen LogP contribution >= 0.6 is 22.9 Å². The Labute approximate surface area is 176 Å².